The summed E-state index contributed by atoms with van der Waals surface area (Å²) in [7, 11) is 1.22. The van der Waals surface area contributed by atoms with Crippen LogP contribution in [0, 0.1) is 17.3 Å². The largest absolute Gasteiger partial charge is 0.481 e. The predicted molar refractivity (Wildman–Crippen MR) is 53.4 cm³/mol. The maximum absolute atomic E-state index is 11.6. The lowest BCUT2D eigenvalue weighted by atomic mass is 10.1. The topological polar surface area (TPSA) is 92.7 Å². The van der Waals surface area contributed by atoms with Crippen LogP contribution in [-0.2, 0) is 19.1 Å². The first-order valence-corrected chi connectivity index (χ1v) is 4.89. The molecule has 90 valence electrons. The van der Waals surface area contributed by atoms with Crippen LogP contribution in [0.1, 0.15) is 13.8 Å². The molecule has 2 atom stereocenters. The van der Waals surface area contributed by atoms with E-state index < -0.39 is 35.1 Å². The highest BCUT2D eigenvalue weighted by Gasteiger charge is 2.65. The van der Waals surface area contributed by atoms with Crippen molar-refractivity contribution in [2.24, 2.45) is 17.3 Å². The van der Waals surface area contributed by atoms with Gasteiger partial charge < -0.3 is 15.2 Å². The molecule has 0 aromatic carbocycles. The third-order valence-electron chi connectivity index (χ3n) is 3.01. The molecule has 0 spiro atoms. The van der Waals surface area contributed by atoms with Gasteiger partial charge in [0.25, 0.3) is 0 Å². The molecule has 2 unspecified atom stereocenters. The van der Waals surface area contributed by atoms with Crippen LogP contribution in [0.5, 0.6) is 0 Å². The molecule has 0 heterocycles. The molecule has 1 saturated carbocycles. The van der Waals surface area contributed by atoms with Crippen LogP contribution in [0.15, 0.2) is 0 Å². The van der Waals surface area contributed by atoms with Crippen LogP contribution < -0.4 is 5.32 Å². The van der Waals surface area contributed by atoms with Gasteiger partial charge in [-0.2, -0.15) is 0 Å². The van der Waals surface area contributed by atoms with E-state index in [1.54, 1.807) is 13.8 Å². The molecule has 1 amide bonds. The average molecular weight is 229 g/mol. The van der Waals surface area contributed by atoms with Crippen LogP contribution in [0.4, 0.5) is 0 Å². The summed E-state index contributed by atoms with van der Waals surface area (Å²) in [6.07, 6.45) is 0. The number of methoxy groups -OCH3 is 1. The van der Waals surface area contributed by atoms with E-state index in [1.807, 2.05) is 0 Å². The van der Waals surface area contributed by atoms with Gasteiger partial charge in [0.2, 0.25) is 5.91 Å². The van der Waals surface area contributed by atoms with Gasteiger partial charge in [-0.1, -0.05) is 13.8 Å². The molecule has 1 aliphatic carbocycles. The number of carboxylic acid groups (broad SMARTS) is 1. The van der Waals surface area contributed by atoms with E-state index in [1.165, 1.54) is 7.11 Å². The lowest BCUT2D eigenvalue weighted by Gasteiger charge is -2.04. The molecule has 6 heteroatoms. The van der Waals surface area contributed by atoms with Crippen molar-refractivity contribution in [2.75, 3.05) is 13.7 Å². The quantitative estimate of drug-likeness (QED) is 0.642. The zero-order chi connectivity index (χ0) is 12.5. The van der Waals surface area contributed by atoms with Gasteiger partial charge in [0.1, 0.15) is 6.54 Å². The summed E-state index contributed by atoms with van der Waals surface area (Å²) < 4.78 is 4.36. The Bertz CT molecular complexity index is 336. The van der Waals surface area contributed by atoms with E-state index in [9.17, 15) is 14.4 Å². The second-order valence-corrected chi connectivity index (χ2v) is 4.41. The zero-order valence-electron chi connectivity index (χ0n) is 9.44. The van der Waals surface area contributed by atoms with Crippen molar-refractivity contribution in [1.29, 1.82) is 0 Å². The molecule has 0 aromatic heterocycles. The highest BCUT2D eigenvalue weighted by molar-refractivity contribution is 5.93. The molecular weight excluding hydrogens is 214 g/mol. The molecule has 0 radical (unpaired) electrons. The van der Waals surface area contributed by atoms with Gasteiger partial charge in [-0.05, 0) is 5.41 Å². The fourth-order valence-corrected chi connectivity index (χ4v) is 1.93. The van der Waals surface area contributed by atoms with Crippen LogP contribution in [0.2, 0.25) is 0 Å². The third-order valence-corrected chi connectivity index (χ3v) is 3.01. The average Bonchev–Trinajstić information content (AvgIpc) is 2.77. The summed E-state index contributed by atoms with van der Waals surface area (Å²) in [4.78, 5) is 33.2. The maximum Gasteiger partial charge on any atom is 0.325 e. The summed E-state index contributed by atoms with van der Waals surface area (Å²) in [6.45, 7) is 3.20. The summed E-state index contributed by atoms with van der Waals surface area (Å²) in [6, 6.07) is 0. The Balaban J connectivity index is 2.51. The van der Waals surface area contributed by atoms with Crippen molar-refractivity contribution < 1.29 is 24.2 Å². The van der Waals surface area contributed by atoms with Crippen molar-refractivity contribution in [2.45, 2.75) is 13.8 Å². The first-order valence-electron chi connectivity index (χ1n) is 4.89. The van der Waals surface area contributed by atoms with E-state index in [2.05, 4.69) is 10.1 Å². The van der Waals surface area contributed by atoms with E-state index in [-0.39, 0.29) is 6.54 Å². The van der Waals surface area contributed by atoms with Gasteiger partial charge in [-0.3, -0.25) is 14.4 Å². The lowest BCUT2D eigenvalue weighted by Crippen LogP contribution is -2.32. The molecule has 1 aliphatic rings. The normalized spacial score (nSPS) is 25.7. The second kappa shape index (κ2) is 4.11. The number of amides is 1. The summed E-state index contributed by atoms with van der Waals surface area (Å²) in [5.41, 5.74) is -0.550. The van der Waals surface area contributed by atoms with Gasteiger partial charge in [0.05, 0.1) is 18.9 Å². The molecular formula is C10H15NO5. The maximum atomic E-state index is 11.6. The zero-order valence-corrected chi connectivity index (χ0v) is 9.44. The fraction of sp³-hybridized carbons (Fsp3) is 0.700. The Hall–Kier alpha value is -1.59. The number of nitrogens with one attached hydrogen (secondary N) is 1. The number of carbonyl (C=O) groups is 3. The number of carboxylic acids is 1. The Morgan fingerprint density at radius 2 is 1.88 bits per heavy atom. The van der Waals surface area contributed by atoms with Crippen molar-refractivity contribution in [3.63, 3.8) is 0 Å². The molecule has 0 aliphatic heterocycles. The first kappa shape index (κ1) is 12.5. The Morgan fingerprint density at radius 1 is 1.31 bits per heavy atom. The summed E-state index contributed by atoms with van der Waals surface area (Å²) in [5.74, 6) is -3.20. The lowest BCUT2D eigenvalue weighted by molar-refractivity contribution is -0.141. The van der Waals surface area contributed by atoms with Gasteiger partial charge in [0.15, 0.2) is 0 Å². The van der Waals surface area contributed by atoms with Gasteiger partial charge in [0, 0.05) is 0 Å². The molecule has 6 nitrogen and oxygen atoms in total. The van der Waals surface area contributed by atoms with Crippen molar-refractivity contribution in [3.8, 4) is 0 Å². The van der Waals surface area contributed by atoms with E-state index in [4.69, 9.17) is 5.11 Å². The van der Waals surface area contributed by atoms with E-state index in [0.717, 1.165) is 0 Å². The smallest absolute Gasteiger partial charge is 0.325 e. The highest BCUT2D eigenvalue weighted by atomic mass is 16.5. The van der Waals surface area contributed by atoms with Crippen LogP contribution >= 0.6 is 0 Å². The van der Waals surface area contributed by atoms with Crippen LogP contribution in [0.25, 0.3) is 0 Å². The molecule has 0 bridgehead atoms. The number of aliphatic carboxylic acids is 1. The Labute approximate surface area is 93.0 Å². The van der Waals surface area contributed by atoms with Crippen molar-refractivity contribution >= 4 is 17.8 Å². The third kappa shape index (κ3) is 2.15. The fourth-order valence-electron chi connectivity index (χ4n) is 1.93. The second-order valence-electron chi connectivity index (χ2n) is 4.41. The number of ether oxygens (including phenoxy) is 1. The van der Waals surface area contributed by atoms with E-state index >= 15 is 0 Å². The van der Waals surface area contributed by atoms with Gasteiger partial charge in [-0.25, -0.2) is 0 Å². The number of carbonyl (C=O) groups excluding carboxylic acids is 2. The van der Waals surface area contributed by atoms with Gasteiger partial charge >= 0.3 is 11.9 Å². The van der Waals surface area contributed by atoms with Crippen molar-refractivity contribution in [3.05, 3.63) is 0 Å². The standard InChI is InChI=1S/C10H15NO5/c1-10(2)6(7(10)9(14)15)8(13)11-4-5(12)16-3/h6-7H,4H2,1-3H3,(H,11,13)(H,14,15). The Kier molecular flexibility index (Phi) is 3.21. The van der Waals surface area contributed by atoms with Gasteiger partial charge in [-0.15, -0.1) is 0 Å². The predicted octanol–water partition coefficient (Wildman–Crippen LogP) is -0.368. The molecule has 2 N–H and O–H groups in total. The first-order chi connectivity index (χ1) is 7.32. The minimum Gasteiger partial charge on any atom is -0.481 e. The number of hydrogen-bond donors (Lipinski definition) is 2. The Morgan fingerprint density at radius 3 is 2.25 bits per heavy atom. The minimum absolute atomic E-state index is 0.228. The summed E-state index contributed by atoms with van der Waals surface area (Å²) >= 11 is 0. The molecule has 1 rings (SSSR count). The van der Waals surface area contributed by atoms with E-state index in [0.29, 0.717) is 0 Å². The number of esters is 1. The number of hydrogen-bond acceptors (Lipinski definition) is 4. The highest BCUT2D eigenvalue weighted by Crippen LogP contribution is 2.58. The molecule has 0 aromatic rings. The molecule has 16 heavy (non-hydrogen) atoms. The van der Waals surface area contributed by atoms with Crippen LogP contribution in [-0.4, -0.2) is 36.6 Å². The minimum atomic E-state index is -0.983. The van der Waals surface area contributed by atoms with Crippen molar-refractivity contribution in [1.82, 2.24) is 5.32 Å². The van der Waals surface area contributed by atoms with Crippen LogP contribution in [0.3, 0.4) is 0 Å². The SMILES string of the molecule is COC(=O)CNC(=O)C1C(C(=O)O)C1(C)C. The molecule has 0 saturated heterocycles. The molecule has 1 fully saturated rings. The monoisotopic (exact) mass is 229 g/mol. The number of rotatable bonds is 4. The summed E-state index contributed by atoms with van der Waals surface area (Å²) in [5, 5.41) is 11.2.